The average Bonchev–Trinajstić information content (AvgIpc) is 2.02. The van der Waals surface area contributed by atoms with Gasteiger partial charge < -0.3 is 0 Å². The van der Waals surface area contributed by atoms with E-state index >= 15 is 0 Å². The Balaban J connectivity index is 2.39. The van der Waals surface area contributed by atoms with Crippen molar-refractivity contribution in [3.8, 4) is 0 Å². The van der Waals surface area contributed by atoms with Gasteiger partial charge in [-0.3, -0.25) is 0 Å². The molecule has 2 unspecified atom stereocenters. The van der Waals surface area contributed by atoms with Crippen LogP contribution in [0.3, 0.4) is 0 Å². The predicted octanol–water partition coefficient (Wildman–Crippen LogP) is 1.23. The molecule has 1 aliphatic heterocycles. The van der Waals surface area contributed by atoms with Crippen molar-refractivity contribution in [2.45, 2.75) is 0 Å². The van der Waals surface area contributed by atoms with Gasteiger partial charge in [-0.1, -0.05) is 0 Å². The molecule has 1 aliphatic rings. The molecule has 62 valence electrons. The average molecular weight is 202 g/mol. The van der Waals surface area contributed by atoms with Crippen molar-refractivity contribution in [3.05, 3.63) is 0 Å². The normalized spacial score (nSPS) is 28.7. The van der Waals surface area contributed by atoms with Gasteiger partial charge in [0.1, 0.15) is 13.2 Å². The smallest absolute Gasteiger partial charge is 0.185 e. The minimum Gasteiger partial charge on any atom is -0.185 e. The van der Waals surface area contributed by atoms with Gasteiger partial charge in [-0.15, -0.1) is 0 Å². The predicted molar refractivity (Wildman–Crippen MR) is 30.4 cm³/mol. The van der Waals surface area contributed by atoms with E-state index in [1.807, 2.05) is 0 Å². The molecule has 0 amide bonds. The minimum absolute atomic E-state index is 0.0214. The maximum absolute atomic E-state index is 10.5. The van der Waals surface area contributed by atoms with Crippen molar-refractivity contribution < 1.29 is 32.6 Å². The molecule has 1 fully saturated rings. The first-order chi connectivity index (χ1) is 5.29. The van der Waals surface area contributed by atoms with E-state index in [2.05, 4.69) is 23.4 Å². The lowest BCUT2D eigenvalue weighted by atomic mass is 10.8. The highest BCUT2D eigenvalue weighted by molar-refractivity contribution is 7.47. The van der Waals surface area contributed by atoms with Gasteiger partial charge >= 0.3 is 16.5 Å². The second-order valence-electron chi connectivity index (χ2n) is 1.32. The Labute approximate surface area is 63.3 Å². The van der Waals surface area contributed by atoms with Gasteiger partial charge in [0.2, 0.25) is 0 Å². The van der Waals surface area contributed by atoms with Crippen LogP contribution in [-0.4, -0.2) is 13.2 Å². The molecule has 0 aromatic heterocycles. The van der Waals surface area contributed by atoms with E-state index in [0.717, 1.165) is 0 Å². The van der Waals surface area contributed by atoms with Crippen molar-refractivity contribution in [2.24, 2.45) is 0 Å². The van der Waals surface area contributed by atoms with Crippen LogP contribution in [0.2, 0.25) is 0 Å². The Hall–Kier alpha value is -0.0000000000000000486. The summed E-state index contributed by atoms with van der Waals surface area (Å²) in [6.45, 7) is 0.0429. The number of hydrogen-bond donors (Lipinski definition) is 0. The molecule has 1 rings (SSSR count). The Morgan fingerprint density at radius 2 is 1.36 bits per heavy atom. The third-order valence-corrected chi connectivity index (χ3v) is 2.13. The molecule has 0 aromatic rings. The van der Waals surface area contributed by atoms with E-state index in [-0.39, 0.29) is 13.2 Å². The van der Waals surface area contributed by atoms with Gasteiger partial charge in [-0.05, 0) is 0 Å². The largest absolute Gasteiger partial charge is 0.779 e. The summed E-state index contributed by atoms with van der Waals surface area (Å²) >= 11 is 0. The van der Waals surface area contributed by atoms with E-state index in [1.54, 1.807) is 0 Å². The van der Waals surface area contributed by atoms with E-state index in [1.165, 1.54) is 0 Å². The quantitative estimate of drug-likeness (QED) is 0.431. The molecule has 0 bridgehead atoms. The molecule has 0 aromatic carbocycles. The molecule has 0 spiro atoms. The van der Waals surface area contributed by atoms with Crippen LogP contribution in [-0.2, 0) is 32.6 Å². The third-order valence-electron chi connectivity index (χ3n) is 0.610. The van der Waals surface area contributed by atoms with Crippen LogP contribution in [0.1, 0.15) is 0 Å². The molecule has 0 radical (unpaired) electrons. The van der Waals surface area contributed by atoms with E-state index in [4.69, 9.17) is 0 Å². The van der Waals surface area contributed by atoms with Crippen LogP contribution in [0, 0.1) is 0 Å². The summed E-state index contributed by atoms with van der Waals surface area (Å²) < 4.78 is 33.2. The zero-order chi connectivity index (χ0) is 8.10. The molecule has 7 nitrogen and oxygen atoms in total. The van der Waals surface area contributed by atoms with Crippen molar-refractivity contribution >= 4 is 16.5 Å². The topological polar surface area (TPSA) is 80.3 Å². The van der Waals surface area contributed by atoms with Crippen LogP contribution >= 0.6 is 16.5 Å². The highest BCUT2D eigenvalue weighted by Crippen LogP contribution is 2.40. The van der Waals surface area contributed by atoms with Gasteiger partial charge in [-0.2, -0.15) is 9.78 Å². The summed E-state index contributed by atoms with van der Waals surface area (Å²) in [5.41, 5.74) is 0. The summed E-state index contributed by atoms with van der Waals surface area (Å²) in [7, 11) is -5.11. The zero-order valence-corrected chi connectivity index (χ0v) is 6.96. The Bertz CT molecular complexity index is 150. The lowest BCUT2D eigenvalue weighted by Gasteiger charge is -1.87. The van der Waals surface area contributed by atoms with Crippen molar-refractivity contribution in [2.75, 3.05) is 13.2 Å². The zero-order valence-electron chi connectivity index (χ0n) is 5.17. The second-order valence-corrected chi connectivity index (χ2v) is 3.17. The van der Waals surface area contributed by atoms with Crippen molar-refractivity contribution in [3.63, 3.8) is 0 Å². The minimum atomic E-state index is -2.55. The highest BCUT2D eigenvalue weighted by atomic mass is 31.2. The molecule has 0 aliphatic carbocycles. The molecule has 1 saturated heterocycles. The van der Waals surface area contributed by atoms with Gasteiger partial charge in [0.05, 0.1) is 9.35 Å². The first kappa shape index (κ1) is 9.09. The summed E-state index contributed by atoms with van der Waals surface area (Å²) in [4.78, 5) is 8.55. The molecule has 0 N–H and O–H groups in total. The fraction of sp³-hybridized carbons (Fsp3) is 1.00. The highest BCUT2D eigenvalue weighted by Gasteiger charge is 2.43. The SMILES string of the molecule is O=[P+]1OOCCOO[P+](=O)O1. The maximum atomic E-state index is 10.5. The lowest BCUT2D eigenvalue weighted by Crippen LogP contribution is -1.99. The van der Waals surface area contributed by atoms with Gasteiger partial charge in [0, 0.05) is 9.13 Å². The Morgan fingerprint density at radius 1 is 0.909 bits per heavy atom. The number of hydrogen-bond acceptors (Lipinski definition) is 7. The molecule has 1 heterocycles. The molecule has 0 saturated carbocycles. The molecular weight excluding hydrogens is 198 g/mol. The summed E-state index contributed by atoms with van der Waals surface area (Å²) in [6.07, 6.45) is 0. The van der Waals surface area contributed by atoms with Crippen LogP contribution in [0.4, 0.5) is 0 Å². The fourth-order valence-corrected chi connectivity index (χ4v) is 1.28. The second kappa shape index (κ2) is 4.79. The summed E-state index contributed by atoms with van der Waals surface area (Å²) in [5.74, 6) is 0. The van der Waals surface area contributed by atoms with Crippen LogP contribution in [0.25, 0.3) is 0 Å². The Kier molecular flexibility index (Phi) is 3.96. The van der Waals surface area contributed by atoms with E-state index < -0.39 is 16.5 Å². The molecular formula is C2H4O7P2+2. The van der Waals surface area contributed by atoms with E-state index in [9.17, 15) is 9.13 Å². The molecule has 2 atom stereocenters. The van der Waals surface area contributed by atoms with Crippen LogP contribution < -0.4 is 0 Å². The van der Waals surface area contributed by atoms with Crippen molar-refractivity contribution in [1.29, 1.82) is 0 Å². The van der Waals surface area contributed by atoms with Crippen LogP contribution in [0.5, 0.6) is 0 Å². The molecule has 11 heavy (non-hydrogen) atoms. The van der Waals surface area contributed by atoms with Gasteiger partial charge in [-0.25, -0.2) is 0 Å². The first-order valence-electron chi connectivity index (χ1n) is 2.51. The standard InChI is InChI=1S/C2H4O7P2/c3-10-7-5-1-2-6-8-11(4)9-10/h1-2H2/q+2. The number of rotatable bonds is 0. The van der Waals surface area contributed by atoms with Gasteiger partial charge in [0.15, 0.2) is 4.31 Å². The third kappa shape index (κ3) is 3.79. The monoisotopic (exact) mass is 202 g/mol. The first-order valence-corrected chi connectivity index (χ1v) is 4.70. The summed E-state index contributed by atoms with van der Waals surface area (Å²) in [6, 6.07) is 0. The lowest BCUT2D eigenvalue weighted by molar-refractivity contribution is -0.254. The van der Waals surface area contributed by atoms with Crippen molar-refractivity contribution in [1.82, 2.24) is 0 Å². The Morgan fingerprint density at radius 3 is 1.82 bits per heavy atom. The maximum Gasteiger partial charge on any atom is 0.779 e. The van der Waals surface area contributed by atoms with Crippen LogP contribution in [0.15, 0.2) is 0 Å². The molecule has 9 heteroatoms. The fourth-order valence-electron chi connectivity index (χ4n) is 0.310. The van der Waals surface area contributed by atoms with Gasteiger partial charge in [0.25, 0.3) is 0 Å². The van der Waals surface area contributed by atoms with E-state index in [0.29, 0.717) is 0 Å². The summed E-state index contributed by atoms with van der Waals surface area (Å²) in [5, 5.41) is 0.